The van der Waals surface area contributed by atoms with Crippen LogP contribution in [0.1, 0.15) is 17.3 Å². The minimum absolute atomic E-state index is 0.378. The van der Waals surface area contributed by atoms with Crippen LogP contribution in [0, 0.1) is 13.8 Å². The van der Waals surface area contributed by atoms with Gasteiger partial charge in [0.25, 0.3) is 0 Å². The fourth-order valence-corrected chi connectivity index (χ4v) is 1.51. The van der Waals surface area contributed by atoms with Gasteiger partial charge in [-0.25, -0.2) is 9.97 Å². The number of halogens is 1. The third kappa shape index (κ3) is 2.12. The highest BCUT2D eigenvalue weighted by Gasteiger charge is 2.07. The summed E-state index contributed by atoms with van der Waals surface area (Å²) >= 11 is 5.88. The largest absolute Gasteiger partial charge is 0.296 e. The molecule has 0 N–H and O–H groups in total. The molecule has 6 heteroatoms. The molecule has 0 fully saturated rings. The molecule has 0 amide bonds. The molecule has 0 aliphatic rings. The Bertz CT molecular complexity index is 460. The molecule has 15 heavy (non-hydrogen) atoms. The van der Waals surface area contributed by atoms with Crippen LogP contribution >= 0.6 is 11.6 Å². The van der Waals surface area contributed by atoms with E-state index in [1.807, 2.05) is 19.9 Å². The molecule has 5 nitrogen and oxygen atoms in total. The smallest absolute Gasteiger partial charge is 0.225 e. The highest BCUT2D eigenvalue weighted by Crippen LogP contribution is 2.09. The average Bonchev–Trinajstić information content (AvgIpc) is 2.50. The number of aryl methyl sites for hydroxylation is 2. The van der Waals surface area contributed by atoms with E-state index in [1.165, 1.54) is 0 Å². The first-order valence-corrected chi connectivity index (χ1v) is 4.88. The van der Waals surface area contributed by atoms with E-state index in [9.17, 15) is 0 Å². The van der Waals surface area contributed by atoms with E-state index in [1.54, 1.807) is 10.8 Å². The van der Waals surface area contributed by atoms with Crippen LogP contribution in [-0.2, 0) is 6.54 Å². The van der Waals surface area contributed by atoms with Crippen molar-refractivity contribution in [3.05, 3.63) is 34.9 Å². The summed E-state index contributed by atoms with van der Waals surface area (Å²) in [7, 11) is 0. The number of rotatable bonds is 2. The van der Waals surface area contributed by atoms with Crippen molar-refractivity contribution >= 4 is 11.6 Å². The normalized spacial score (nSPS) is 10.6. The molecule has 0 bridgehead atoms. The monoisotopic (exact) mass is 223 g/mol. The predicted octanol–water partition coefficient (Wildman–Crippen LogP) is 1.39. The summed E-state index contributed by atoms with van der Waals surface area (Å²) in [5, 5.41) is 8.02. The average molecular weight is 224 g/mol. The van der Waals surface area contributed by atoms with Crippen LogP contribution in [0.2, 0.25) is 5.28 Å². The summed E-state index contributed by atoms with van der Waals surface area (Å²) in [6.07, 6.45) is 1.73. The van der Waals surface area contributed by atoms with Gasteiger partial charge in [0, 0.05) is 6.20 Å². The Hall–Kier alpha value is -1.49. The van der Waals surface area contributed by atoms with Gasteiger partial charge in [0.05, 0.1) is 12.2 Å². The fourth-order valence-electron chi connectivity index (χ4n) is 1.29. The molecule has 2 heterocycles. The van der Waals surface area contributed by atoms with E-state index in [-0.39, 0.29) is 0 Å². The fraction of sp³-hybridized carbons (Fsp3) is 0.333. The molecule has 0 unspecified atom stereocenters. The van der Waals surface area contributed by atoms with Gasteiger partial charge in [0.2, 0.25) is 5.28 Å². The van der Waals surface area contributed by atoms with Crippen molar-refractivity contribution in [2.45, 2.75) is 20.4 Å². The molecule has 0 aromatic carbocycles. The Kier molecular flexibility index (Phi) is 2.64. The first-order valence-electron chi connectivity index (χ1n) is 4.50. The molecule has 78 valence electrons. The molecule has 0 saturated carbocycles. The molecule has 2 aromatic rings. The van der Waals surface area contributed by atoms with Crippen LogP contribution in [0.25, 0.3) is 0 Å². The summed E-state index contributed by atoms with van der Waals surface area (Å²) in [6, 6.07) is 1.85. The Balaban J connectivity index is 2.29. The molecule has 2 aromatic heterocycles. The zero-order valence-corrected chi connectivity index (χ0v) is 9.23. The third-order valence-electron chi connectivity index (χ3n) is 2.04. The molecule has 0 radical (unpaired) electrons. The maximum Gasteiger partial charge on any atom is 0.225 e. The lowest BCUT2D eigenvalue weighted by Gasteiger charge is -2.04. The summed E-state index contributed by atoms with van der Waals surface area (Å²) in [5.41, 5.74) is 0.896. The zero-order chi connectivity index (χ0) is 10.8. The van der Waals surface area contributed by atoms with E-state index in [2.05, 4.69) is 20.2 Å². The first kappa shape index (κ1) is 10.0. The molecular weight excluding hydrogens is 214 g/mol. The van der Waals surface area contributed by atoms with Gasteiger partial charge in [-0.15, -0.1) is 10.2 Å². The van der Waals surface area contributed by atoms with Gasteiger partial charge in [-0.2, -0.15) is 0 Å². The maximum absolute atomic E-state index is 5.88. The SMILES string of the molecule is Cc1nccc(Cn2c(C)nnc2Cl)n1. The van der Waals surface area contributed by atoms with Crippen molar-refractivity contribution in [1.82, 2.24) is 24.7 Å². The second kappa shape index (κ2) is 3.94. The second-order valence-electron chi connectivity index (χ2n) is 3.20. The van der Waals surface area contributed by atoms with Crippen molar-refractivity contribution in [2.24, 2.45) is 0 Å². The molecule has 2 rings (SSSR count). The van der Waals surface area contributed by atoms with Crippen LogP contribution in [0.4, 0.5) is 0 Å². The number of hydrogen-bond acceptors (Lipinski definition) is 4. The summed E-state index contributed by atoms with van der Waals surface area (Å²) in [6.45, 7) is 4.28. The molecule has 0 aliphatic carbocycles. The van der Waals surface area contributed by atoms with Crippen LogP contribution in [0.3, 0.4) is 0 Å². The lowest BCUT2D eigenvalue weighted by Crippen LogP contribution is -2.05. The Labute approximate surface area is 92.2 Å². The topological polar surface area (TPSA) is 56.5 Å². The van der Waals surface area contributed by atoms with E-state index >= 15 is 0 Å². The molecule has 0 spiro atoms. The zero-order valence-electron chi connectivity index (χ0n) is 8.48. The minimum atomic E-state index is 0.378. The van der Waals surface area contributed by atoms with Crippen LogP contribution in [0.15, 0.2) is 12.3 Å². The van der Waals surface area contributed by atoms with Crippen LogP contribution < -0.4 is 0 Å². The maximum atomic E-state index is 5.88. The van der Waals surface area contributed by atoms with Gasteiger partial charge in [-0.3, -0.25) is 4.57 Å². The van der Waals surface area contributed by atoms with Gasteiger partial charge in [0.1, 0.15) is 11.6 Å². The van der Waals surface area contributed by atoms with Gasteiger partial charge in [-0.05, 0) is 31.5 Å². The molecule has 0 atom stereocenters. The summed E-state index contributed by atoms with van der Waals surface area (Å²) in [4.78, 5) is 8.31. The highest BCUT2D eigenvalue weighted by atomic mass is 35.5. The Morgan fingerprint density at radius 1 is 1.33 bits per heavy atom. The number of nitrogens with zero attached hydrogens (tertiary/aromatic N) is 5. The van der Waals surface area contributed by atoms with Gasteiger partial charge >= 0.3 is 0 Å². The van der Waals surface area contributed by atoms with E-state index in [4.69, 9.17) is 11.6 Å². The van der Waals surface area contributed by atoms with Crippen molar-refractivity contribution < 1.29 is 0 Å². The van der Waals surface area contributed by atoms with E-state index in [0.29, 0.717) is 11.8 Å². The molecule has 0 saturated heterocycles. The van der Waals surface area contributed by atoms with E-state index < -0.39 is 0 Å². The van der Waals surface area contributed by atoms with Crippen molar-refractivity contribution in [1.29, 1.82) is 0 Å². The number of hydrogen-bond donors (Lipinski definition) is 0. The van der Waals surface area contributed by atoms with Crippen LogP contribution in [-0.4, -0.2) is 24.7 Å². The van der Waals surface area contributed by atoms with Crippen molar-refractivity contribution in [2.75, 3.05) is 0 Å². The van der Waals surface area contributed by atoms with Gasteiger partial charge < -0.3 is 0 Å². The Morgan fingerprint density at radius 2 is 2.13 bits per heavy atom. The van der Waals surface area contributed by atoms with Crippen LogP contribution in [0.5, 0.6) is 0 Å². The quantitative estimate of drug-likeness (QED) is 0.772. The Morgan fingerprint density at radius 3 is 2.73 bits per heavy atom. The second-order valence-corrected chi connectivity index (χ2v) is 3.54. The van der Waals surface area contributed by atoms with Gasteiger partial charge in [-0.1, -0.05) is 0 Å². The summed E-state index contributed by atoms with van der Waals surface area (Å²) < 4.78 is 1.79. The third-order valence-corrected chi connectivity index (χ3v) is 2.32. The lowest BCUT2D eigenvalue weighted by molar-refractivity contribution is 0.734. The van der Waals surface area contributed by atoms with Crippen molar-refractivity contribution in [3.8, 4) is 0 Å². The molecular formula is C9H10ClN5. The minimum Gasteiger partial charge on any atom is -0.296 e. The van der Waals surface area contributed by atoms with E-state index in [0.717, 1.165) is 17.3 Å². The predicted molar refractivity (Wildman–Crippen MR) is 55.6 cm³/mol. The van der Waals surface area contributed by atoms with Gasteiger partial charge in [0.15, 0.2) is 0 Å². The highest BCUT2D eigenvalue weighted by molar-refractivity contribution is 6.28. The molecule has 0 aliphatic heterocycles. The first-order chi connectivity index (χ1) is 7.16. The standard InChI is InChI=1S/C9H10ClN5/c1-6-11-4-3-8(12-6)5-15-7(2)13-14-9(15)10/h3-4H,5H2,1-2H3. The van der Waals surface area contributed by atoms with Crippen molar-refractivity contribution in [3.63, 3.8) is 0 Å². The number of aromatic nitrogens is 5. The lowest BCUT2D eigenvalue weighted by atomic mass is 10.4. The summed E-state index contributed by atoms with van der Waals surface area (Å²) in [5.74, 6) is 1.52.